The SMILES string of the molecule is CCNc1nnc(-c2ccc3[nH]ncc3c2)o1. The number of fused-ring (bicyclic) bond motifs is 1. The molecule has 0 aliphatic carbocycles. The number of hydrogen-bond acceptors (Lipinski definition) is 5. The second-order valence-electron chi connectivity index (χ2n) is 3.61. The fourth-order valence-corrected chi connectivity index (χ4v) is 1.64. The summed E-state index contributed by atoms with van der Waals surface area (Å²) in [4.78, 5) is 0. The first-order valence-corrected chi connectivity index (χ1v) is 5.37. The molecule has 2 N–H and O–H groups in total. The number of H-pyrrole nitrogens is 1. The molecular weight excluding hydrogens is 218 g/mol. The lowest BCUT2D eigenvalue weighted by atomic mass is 10.1. The highest BCUT2D eigenvalue weighted by Gasteiger charge is 2.08. The molecule has 86 valence electrons. The van der Waals surface area contributed by atoms with Crippen molar-refractivity contribution in [3.63, 3.8) is 0 Å². The van der Waals surface area contributed by atoms with Crippen LogP contribution in [-0.2, 0) is 0 Å². The highest BCUT2D eigenvalue weighted by Crippen LogP contribution is 2.23. The fourth-order valence-electron chi connectivity index (χ4n) is 1.64. The van der Waals surface area contributed by atoms with E-state index in [0.717, 1.165) is 23.0 Å². The average Bonchev–Trinajstić information content (AvgIpc) is 2.96. The van der Waals surface area contributed by atoms with Gasteiger partial charge in [0.05, 0.1) is 11.7 Å². The van der Waals surface area contributed by atoms with Crippen LogP contribution in [0.4, 0.5) is 6.01 Å². The van der Waals surface area contributed by atoms with Crippen LogP contribution < -0.4 is 5.32 Å². The van der Waals surface area contributed by atoms with E-state index in [1.165, 1.54) is 0 Å². The van der Waals surface area contributed by atoms with Crippen molar-refractivity contribution in [2.45, 2.75) is 6.92 Å². The summed E-state index contributed by atoms with van der Waals surface area (Å²) in [6.45, 7) is 2.73. The molecule has 3 aromatic rings. The maximum Gasteiger partial charge on any atom is 0.315 e. The molecule has 0 saturated carbocycles. The van der Waals surface area contributed by atoms with Crippen LogP contribution >= 0.6 is 0 Å². The first-order valence-electron chi connectivity index (χ1n) is 5.37. The van der Waals surface area contributed by atoms with Gasteiger partial charge in [-0.15, -0.1) is 5.10 Å². The summed E-state index contributed by atoms with van der Waals surface area (Å²) in [6.07, 6.45) is 1.76. The third-order valence-corrected chi connectivity index (χ3v) is 2.44. The molecule has 1 aromatic carbocycles. The molecule has 0 radical (unpaired) electrons. The third-order valence-electron chi connectivity index (χ3n) is 2.44. The summed E-state index contributed by atoms with van der Waals surface area (Å²) in [5.41, 5.74) is 1.87. The number of hydrogen-bond donors (Lipinski definition) is 2. The lowest BCUT2D eigenvalue weighted by Crippen LogP contribution is -1.95. The third kappa shape index (κ3) is 1.73. The topological polar surface area (TPSA) is 79.6 Å². The van der Waals surface area contributed by atoms with E-state index >= 15 is 0 Å². The molecular formula is C11H11N5O. The normalized spacial score (nSPS) is 10.9. The van der Waals surface area contributed by atoms with Crippen LogP contribution in [0.1, 0.15) is 6.92 Å². The second-order valence-corrected chi connectivity index (χ2v) is 3.61. The lowest BCUT2D eigenvalue weighted by molar-refractivity contribution is 0.582. The standard InChI is InChI=1S/C11H11N5O/c1-2-12-11-16-15-10(17-11)7-3-4-9-8(5-7)6-13-14-9/h3-6H,2H2,1H3,(H,12,16)(H,13,14). The molecule has 0 amide bonds. The predicted molar refractivity (Wildman–Crippen MR) is 63.5 cm³/mol. The molecule has 2 aromatic heterocycles. The van der Waals surface area contributed by atoms with Gasteiger partial charge < -0.3 is 9.73 Å². The van der Waals surface area contributed by atoms with Gasteiger partial charge in [-0.25, -0.2) is 0 Å². The smallest absolute Gasteiger partial charge is 0.315 e. The van der Waals surface area contributed by atoms with Gasteiger partial charge in [-0.2, -0.15) is 5.10 Å². The van der Waals surface area contributed by atoms with Crippen molar-refractivity contribution in [3.05, 3.63) is 24.4 Å². The van der Waals surface area contributed by atoms with Crippen molar-refractivity contribution in [3.8, 4) is 11.5 Å². The maximum absolute atomic E-state index is 5.47. The molecule has 0 bridgehead atoms. The van der Waals surface area contributed by atoms with E-state index in [1.807, 2.05) is 25.1 Å². The summed E-state index contributed by atoms with van der Waals surface area (Å²) < 4.78 is 5.47. The van der Waals surface area contributed by atoms with E-state index in [4.69, 9.17) is 4.42 Å². The van der Waals surface area contributed by atoms with Crippen LogP contribution in [-0.4, -0.2) is 26.9 Å². The number of nitrogens with zero attached hydrogens (tertiary/aromatic N) is 3. The number of anilines is 1. The van der Waals surface area contributed by atoms with E-state index in [2.05, 4.69) is 25.7 Å². The minimum Gasteiger partial charge on any atom is -0.403 e. The van der Waals surface area contributed by atoms with Crippen molar-refractivity contribution in [2.24, 2.45) is 0 Å². The number of aromatic nitrogens is 4. The van der Waals surface area contributed by atoms with Crippen LogP contribution in [0, 0.1) is 0 Å². The highest BCUT2D eigenvalue weighted by molar-refractivity contribution is 5.82. The summed E-state index contributed by atoms with van der Waals surface area (Å²) in [7, 11) is 0. The molecule has 0 aliphatic rings. The van der Waals surface area contributed by atoms with Gasteiger partial charge >= 0.3 is 6.01 Å². The molecule has 0 fully saturated rings. The molecule has 3 rings (SSSR count). The van der Waals surface area contributed by atoms with E-state index in [0.29, 0.717) is 11.9 Å². The maximum atomic E-state index is 5.47. The zero-order valence-electron chi connectivity index (χ0n) is 9.27. The molecule has 6 nitrogen and oxygen atoms in total. The fraction of sp³-hybridized carbons (Fsp3) is 0.182. The Labute approximate surface area is 97.0 Å². The Morgan fingerprint density at radius 1 is 1.35 bits per heavy atom. The Balaban J connectivity index is 2.00. The average molecular weight is 229 g/mol. The molecule has 6 heteroatoms. The van der Waals surface area contributed by atoms with E-state index in [-0.39, 0.29) is 0 Å². The van der Waals surface area contributed by atoms with Gasteiger partial charge in [0.25, 0.3) is 0 Å². The van der Waals surface area contributed by atoms with Gasteiger partial charge in [0, 0.05) is 17.5 Å². The Hall–Kier alpha value is -2.37. The first kappa shape index (κ1) is 9.83. The van der Waals surface area contributed by atoms with Gasteiger partial charge in [0.1, 0.15) is 0 Å². The minimum atomic E-state index is 0.440. The van der Waals surface area contributed by atoms with Crippen LogP contribution in [0.2, 0.25) is 0 Å². The zero-order chi connectivity index (χ0) is 11.7. The summed E-state index contributed by atoms with van der Waals surface area (Å²) in [5.74, 6) is 0.504. The van der Waals surface area contributed by atoms with E-state index in [1.54, 1.807) is 6.20 Å². The number of aromatic amines is 1. The second kappa shape index (κ2) is 3.89. The highest BCUT2D eigenvalue weighted by atomic mass is 16.4. The minimum absolute atomic E-state index is 0.440. The molecule has 17 heavy (non-hydrogen) atoms. The van der Waals surface area contributed by atoms with E-state index in [9.17, 15) is 0 Å². The van der Waals surface area contributed by atoms with Gasteiger partial charge in [-0.05, 0) is 25.1 Å². The zero-order valence-corrected chi connectivity index (χ0v) is 9.27. The monoisotopic (exact) mass is 229 g/mol. The van der Waals surface area contributed by atoms with Crippen LogP contribution in [0.15, 0.2) is 28.8 Å². The molecule has 0 aliphatic heterocycles. The molecule has 2 heterocycles. The summed E-state index contributed by atoms with van der Waals surface area (Å²) >= 11 is 0. The van der Waals surface area contributed by atoms with Crippen molar-refractivity contribution in [2.75, 3.05) is 11.9 Å². The van der Waals surface area contributed by atoms with Gasteiger partial charge in [-0.3, -0.25) is 5.10 Å². The molecule has 0 atom stereocenters. The Kier molecular flexibility index (Phi) is 2.25. The lowest BCUT2D eigenvalue weighted by Gasteiger charge is -1.95. The van der Waals surface area contributed by atoms with Crippen LogP contribution in [0.25, 0.3) is 22.4 Å². The van der Waals surface area contributed by atoms with Crippen molar-refractivity contribution < 1.29 is 4.42 Å². The Morgan fingerprint density at radius 3 is 3.18 bits per heavy atom. The first-order chi connectivity index (χ1) is 8.36. The summed E-state index contributed by atoms with van der Waals surface area (Å²) in [6, 6.07) is 6.26. The molecule has 0 spiro atoms. The predicted octanol–water partition coefficient (Wildman–Crippen LogP) is 2.04. The van der Waals surface area contributed by atoms with Crippen LogP contribution in [0.3, 0.4) is 0 Å². The van der Waals surface area contributed by atoms with Gasteiger partial charge in [-0.1, -0.05) is 5.10 Å². The van der Waals surface area contributed by atoms with Crippen molar-refractivity contribution in [1.29, 1.82) is 0 Å². The number of nitrogens with one attached hydrogen (secondary N) is 2. The Bertz CT molecular complexity index is 642. The van der Waals surface area contributed by atoms with Crippen molar-refractivity contribution in [1.82, 2.24) is 20.4 Å². The Morgan fingerprint density at radius 2 is 2.29 bits per heavy atom. The van der Waals surface area contributed by atoms with Crippen molar-refractivity contribution >= 4 is 16.9 Å². The molecule has 0 unspecified atom stereocenters. The number of benzene rings is 1. The van der Waals surface area contributed by atoms with E-state index < -0.39 is 0 Å². The number of rotatable bonds is 3. The van der Waals surface area contributed by atoms with Gasteiger partial charge in [0.2, 0.25) is 5.89 Å². The largest absolute Gasteiger partial charge is 0.403 e. The van der Waals surface area contributed by atoms with Gasteiger partial charge in [0.15, 0.2) is 0 Å². The molecule has 0 saturated heterocycles. The quantitative estimate of drug-likeness (QED) is 0.718. The van der Waals surface area contributed by atoms with Crippen LogP contribution in [0.5, 0.6) is 0 Å². The summed E-state index contributed by atoms with van der Waals surface area (Å²) in [5, 5.41) is 18.7.